The number of nitrogens with one attached hydrogen (secondary N) is 2. The standard InChI is InChI=1S/C7H16F2N2/c1-6(3-10-2)4-11-5-7(8)9/h6-7,10-11H,3-5H2,1-2H3. The number of hydrogen-bond donors (Lipinski definition) is 2. The Labute approximate surface area is 66.4 Å². The maximum absolute atomic E-state index is 11.6. The molecule has 1 unspecified atom stereocenters. The first kappa shape index (κ1) is 10.8. The zero-order valence-electron chi connectivity index (χ0n) is 7.03. The van der Waals surface area contributed by atoms with Crippen LogP contribution in [0.1, 0.15) is 6.92 Å². The van der Waals surface area contributed by atoms with Crippen molar-refractivity contribution >= 4 is 0 Å². The number of hydrogen-bond acceptors (Lipinski definition) is 2. The van der Waals surface area contributed by atoms with Crippen LogP contribution < -0.4 is 10.6 Å². The maximum atomic E-state index is 11.6. The summed E-state index contributed by atoms with van der Waals surface area (Å²) in [5.74, 6) is 0.402. The zero-order valence-corrected chi connectivity index (χ0v) is 7.03. The second kappa shape index (κ2) is 6.49. The van der Waals surface area contributed by atoms with E-state index in [0.29, 0.717) is 12.5 Å². The molecule has 0 aromatic heterocycles. The number of halogens is 2. The van der Waals surface area contributed by atoms with Crippen LogP contribution in [0.5, 0.6) is 0 Å². The van der Waals surface area contributed by atoms with Gasteiger partial charge in [0, 0.05) is 0 Å². The van der Waals surface area contributed by atoms with E-state index in [1.54, 1.807) is 0 Å². The van der Waals surface area contributed by atoms with Crippen LogP contribution in [0.3, 0.4) is 0 Å². The van der Waals surface area contributed by atoms with Crippen molar-refractivity contribution in [3.8, 4) is 0 Å². The molecular formula is C7H16F2N2. The van der Waals surface area contributed by atoms with Gasteiger partial charge in [-0.2, -0.15) is 0 Å². The number of rotatable bonds is 6. The summed E-state index contributed by atoms with van der Waals surface area (Å²) in [6.07, 6.45) is -2.24. The Morgan fingerprint density at radius 3 is 2.27 bits per heavy atom. The maximum Gasteiger partial charge on any atom is 0.250 e. The molecule has 0 fully saturated rings. The molecule has 1 atom stereocenters. The summed E-state index contributed by atoms with van der Waals surface area (Å²) < 4.78 is 23.2. The van der Waals surface area contributed by atoms with Gasteiger partial charge in [-0.1, -0.05) is 6.92 Å². The SMILES string of the molecule is CNCC(C)CNCC(F)F. The quantitative estimate of drug-likeness (QED) is 0.607. The van der Waals surface area contributed by atoms with Crippen molar-refractivity contribution in [3.63, 3.8) is 0 Å². The van der Waals surface area contributed by atoms with Crippen LogP contribution >= 0.6 is 0 Å². The first-order valence-corrected chi connectivity index (χ1v) is 3.80. The van der Waals surface area contributed by atoms with E-state index in [1.807, 2.05) is 14.0 Å². The third-order valence-electron chi connectivity index (χ3n) is 1.34. The van der Waals surface area contributed by atoms with Crippen molar-refractivity contribution in [3.05, 3.63) is 0 Å². The molecule has 0 radical (unpaired) electrons. The minimum atomic E-state index is -2.24. The molecule has 4 heteroatoms. The van der Waals surface area contributed by atoms with Crippen molar-refractivity contribution in [2.45, 2.75) is 13.3 Å². The van der Waals surface area contributed by atoms with Crippen LogP contribution in [0.2, 0.25) is 0 Å². The molecule has 0 aliphatic heterocycles. The van der Waals surface area contributed by atoms with Gasteiger partial charge in [0.05, 0.1) is 6.54 Å². The van der Waals surface area contributed by atoms with Gasteiger partial charge in [-0.3, -0.25) is 0 Å². The van der Waals surface area contributed by atoms with E-state index in [-0.39, 0.29) is 6.54 Å². The first-order valence-electron chi connectivity index (χ1n) is 3.80. The van der Waals surface area contributed by atoms with Crippen LogP contribution in [0.4, 0.5) is 8.78 Å². The molecule has 68 valence electrons. The second-order valence-electron chi connectivity index (χ2n) is 2.71. The molecule has 0 aromatic rings. The summed E-state index contributed by atoms with van der Waals surface area (Å²) in [6, 6.07) is 0. The Bertz CT molecular complexity index is 88.5. The fraction of sp³-hybridized carbons (Fsp3) is 1.00. The van der Waals surface area contributed by atoms with Crippen molar-refractivity contribution in [2.24, 2.45) is 5.92 Å². The van der Waals surface area contributed by atoms with E-state index >= 15 is 0 Å². The van der Waals surface area contributed by atoms with Gasteiger partial charge in [0.1, 0.15) is 0 Å². The van der Waals surface area contributed by atoms with E-state index in [1.165, 1.54) is 0 Å². The summed E-state index contributed by atoms with van der Waals surface area (Å²) in [5, 5.41) is 5.66. The summed E-state index contributed by atoms with van der Waals surface area (Å²) in [5.41, 5.74) is 0. The molecule has 0 saturated carbocycles. The lowest BCUT2D eigenvalue weighted by Gasteiger charge is -2.10. The van der Waals surface area contributed by atoms with Gasteiger partial charge in [0.25, 0.3) is 6.43 Å². The second-order valence-corrected chi connectivity index (χ2v) is 2.71. The Balaban J connectivity index is 3.10. The summed E-state index contributed by atoms with van der Waals surface area (Å²) in [6.45, 7) is 3.31. The van der Waals surface area contributed by atoms with Gasteiger partial charge in [-0.15, -0.1) is 0 Å². The highest BCUT2D eigenvalue weighted by Gasteiger charge is 2.03. The molecule has 0 aliphatic carbocycles. The van der Waals surface area contributed by atoms with Crippen LogP contribution in [0.15, 0.2) is 0 Å². The van der Waals surface area contributed by atoms with Crippen molar-refractivity contribution in [1.82, 2.24) is 10.6 Å². The summed E-state index contributed by atoms with van der Waals surface area (Å²) in [4.78, 5) is 0. The normalized spacial score (nSPS) is 13.9. The zero-order chi connectivity index (χ0) is 8.69. The van der Waals surface area contributed by atoms with Crippen molar-refractivity contribution < 1.29 is 8.78 Å². The number of alkyl halides is 2. The minimum absolute atomic E-state index is 0.200. The molecule has 0 bridgehead atoms. The van der Waals surface area contributed by atoms with E-state index in [4.69, 9.17) is 0 Å². The van der Waals surface area contributed by atoms with Gasteiger partial charge < -0.3 is 10.6 Å². The summed E-state index contributed by atoms with van der Waals surface area (Å²) >= 11 is 0. The van der Waals surface area contributed by atoms with E-state index < -0.39 is 6.43 Å². The first-order chi connectivity index (χ1) is 5.16. The molecule has 2 N–H and O–H groups in total. The Morgan fingerprint density at radius 1 is 1.18 bits per heavy atom. The fourth-order valence-corrected chi connectivity index (χ4v) is 0.859. The van der Waals surface area contributed by atoms with Gasteiger partial charge in [-0.05, 0) is 26.1 Å². The van der Waals surface area contributed by atoms with Gasteiger partial charge in [0.15, 0.2) is 0 Å². The fourth-order valence-electron chi connectivity index (χ4n) is 0.859. The highest BCUT2D eigenvalue weighted by atomic mass is 19.3. The largest absolute Gasteiger partial charge is 0.319 e. The highest BCUT2D eigenvalue weighted by molar-refractivity contribution is 4.58. The van der Waals surface area contributed by atoms with Gasteiger partial charge in [0.2, 0.25) is 0 Å². The smallest absolute Gasteiger partial charge is 0.250 e. The predicted molar refractivity (Wildman–Crippen MR) is 42.0 cm³/mol. The lowest BCUT2D eigenvalue weighted by Crippen LogP contribution is -2.30. The molecule has 0 heterocycles. The third kappa shape index (κ3) is 7.68. The minimum Gasteiger partial charge on any atom is -0.319 e. The van der Waals surface area contributed by atoms with Crippen LogP contribution in [-0.2, 0) is 0 Å². The molecule has 2 nitrogen and oxygen atoms in total. The van der Waals surface area contributed by atoms with E-state index in [0.717, 1.165) is 6.54 Å². The molecule has 0 aliphatic rings. The molecule has 0 rings (SSSR count). The molecule has 11 heavy (non-hydrogen) atoms. The molecule has 0 amide bonds. The molecule has 0 spiro atoms. The lowest BCUT2D eigenvalue weighted by molar-refractivity contribution is 0.144. The average Bonchev–Trinajstić information content (AvgIpc) is 1.87. The topological polar surface area (TPSA) is 24.1 Å². The van der Waals surface area contributed by atoms with Gasteiger partial charge in [-0.25, -0.2) is 8.78 Å². The van der Waals surface area contributed by atoms with E-state index in [2.05, 4.69) is 10.6 Å². The van der Waals surface area contributed by atoms with E-state index in [9.17, 15) is 8.78 Å². The lowest BCUT2D eigenvalue weighted by atomic mass is 10.2. The Kier molecular flexibility index (Phi) is 6.36. The van der Waals surface area contributed by atoms with Crippen LogP contribution in [0.25, 0.3) is 0 Å². The molecule has 0 aromatic carbocycles. The van der Waals surface area contributed by atoms with Crippen LogP contribution in [-0.4, -0.2) is 33.1 Å². The molecule has 0 saturated heterocycles. The van der Waals surface area contributed by atoms with Crippen molar-refractivity contribution in [2.75, 3.05) is 26.7 Å². The van der Waals surface area contributed by atoms with Crippen LogP contribution in [0, 0.1) is 5.92 Å². The Hall–Kier alpha value is -0.220. The van der Waals surface area contributed by atoms with Crippen molar-refractivity contribution in [1.29, 1.82) is 0 Å². The average molecular weight is 166 g/mol. The Morgan fingerprint density at radius 2 is 1.82 bits per heavy atom. The predicted octanol–water partition coefficient (Wildman–Crippen LogP) is 0.697. The third-order valence-corrected chi connectivity index (χ3v) is 1.34. The monoisotopic (exact) mass is 166 g/mol. The summed E-state index contributed by atoms with van der Waals surface area (Å²) in [7, 11) is 1.85. The molecular weight excluding hydrogens is 150 g/mol. The highest BCUT2D eigenvalue weighted by Crippen LogP contribution is 1.91. The van der Waals surface area contributed by atoms with Gasteiger partial charge >= 0.3 is 0 Å².